The summed E-state index contributed by atoms with van der Waals surface area (Å²) in [4.78, 5) is 25.0. The van der Waals surface area contributed by atoms with Gasteiger partial charge in [0.15, 0.2) is 15.6 Å². The number of benzene rings is 1. The maximum atomic E-state index is 12.8. The summed E-state index contributed by atoms with van der Waals surface area (Å²) in [5.74, 6) is -0.0479. The predicted octanol–water partition coefficient (Wildman–Crippen LogP) is 3.58. The number of hydrogen-bond donors (Lipinski definition) is 2. The van der Waals surface area contributed by atoms with E-state index in [-0.39, 0.29) is 29.6 Å². The van der Waals surface area contributed by atoms with Crippen LogP contribution in [0.25, 0.3) is 11.0 Å². The highest BCUT2D eigenvalue weighted by molar-refractivity contribution is 7.99. The van der Waals surface area contributed by atoms with Gasteiger partial charge in [0.05, 0.1) is 11.5 Å². The summed E-state index contributed by atoms with van der Waals surface area (Å²) in [5.41, 5.74) is 6.35. The number of carbonyl (C=O) groups excluding carboxylic acids is 2. The second-order valence-electron chi connectivity index (χ2n) is 8.45. The van der Waals surface area contributed by atoms with Crippen LogP contribution in [0.15, 0.2) is 28.7 Å². The lowest BCUT2D eigenvalue weighted by Crippen LogP contribution is -2.42. The molecule has 31 heavy (non-hydrogen) atoms. The first kappa shape index (κ1) is 22.2. The van der Waals surface area contributed by atoms with E-state index in [0.717, 1.165) is 10.9 Å². The van der Waals surface area contributed by atoms with Crippen LogP contribution < -0.4 is 10.9 Å². The highest BCUT2D eigenvalue weighted by Crippen LogP contribution is 2.35. The highest BCUT2D eigenvalue weighted by atomic mass is 32.2. The highest BCUT2D eigenvalue weighted by Gasteiger charge is 2.30. The Bertz CT molecular complexity index is 1060. The molecule has 1 saturated heterocycles. The molecule has 168 valence electrons. The van der Waals surface area contributed by atoms with Gasteiger partial charge in [-0.3, -0.25) is 20.4 Å². The first-order valence-corrected chi connectivity index (χ1v) is 13.7. The van der Waals surface area contributed by atoms with Gasteiger partial charge in [0.2, 0.25) is 5.91 Å². The van der Waals surface area contributed by atoms with Crippen LogP contribution in [0.5, 0.6) is 0 Å². The topological polar surface area (TPSA) is 105 Å². The normalized spacial score (nSPS) is 21.2. The number of fused-ring (bicyclic) bond motifs is 1. The van der Waals surface area contributed by atoms with E-state index in [1.165, 1.54) is 32.1 Å². The maximum Gasteiger partial charge on any atom is 0.305 e. The summed E-state index contributed by atoms with van der Waals surface area (Å²) in [6, 6.07) is 7.57. The molecule has 0 radical (unpaired) electrons. The molecule has 1 aromatic carbocycles. The Kier molecular flexibility index (Phi) is 6.91. The third-order valence-electron chi connectivity index (χ3n) is 6.04. The molecular formula is C22H28N2O5S2. The zero-order valence-corrected chi connectivity index (χ0v) is 19.0. The van der Waals surface area contributed by atoms with Gasteiger partial charge >= 0.3 is 5.91 Å². The first-order chi connectivity index (χ1) is 14.9. The standard InChI is InChI=1S/C22H28N2O5S2/c25-20(12-15-10-11-31(27,28)14-15)23-24-22(26)21-18(13-30-16-6-2-1-3-7-16)17-8-4-5-9-19(17)29-21/h4-5,8-9,15-16H,1-3,6-7,10-14H2,(H,23,25)(H,24,26). The molecule has 7 nitrogen and oxygen atoms in total. The maximum absolute atomic E-state index is 12.8. The van der Waals surface area contributed by atoms with E-state index >= 15 is 0 Å². The fourth-order valence-electron chi connectivity index (χ4n) is 4.39. The minimum Gasteiger partial charge on any atom is -0.451 e. The molecule has 1 atom stereocenters. The average Bonchev–Trinajstić information content (AvgIpc) is 3.30. The second-order valence-corrected chi connectivity index (χ2v) is 12.0. The number of hydrogen-bond acceptors (Lipinski definition) is 6. The molecular weight excluding hydrogens is 436 g/mol. The van der Waals surface area contributed by atoms with E-state index < -0.39 is 21.7 Å². The number of thioether (sulfide) groups is 1. The quantitative estimate of drug-likeness (QED) is 0.633. The zero-order valence-electron chi connectivity index (χ0n) is 17.4. The van der Waals surface area contributed by atoms with E-state index in [1.807, 2.05) is 36.0 Å². The molecule has 1 unspecified atom stereocenters. The van der Waals surface area contributed by atoms with Crippen LogP contribution in [0, 0.1) is 5.92 Å². The molecule has 2 N–H and O–H groups in total. The lowest BCUT2D eigenvalue weighted by atomic mass is 10.0. The van der Waals surface area contributed by atoms with Gasteiger partial charge in [-0.05, 0) is 31.2 Å². The van der Waals surface area contributed by atoms with Crippen molar-refractivity contribution in [1.82, 2.24) is 10.9 Å². The van der Waals surface area contributed by atoms with Gasteiger partial charge < -0.3 is 4.42 Å². The molecule has 2 heterocycles. The summed E-state index contributed by atoms with van der Waals surface area (Å²) in [7, 11) is -3.04. The monoisotopic (exact) mass is 464 g/mol. The number of sulfone groups is 1. The van der Waals surface area contributed by atoms with Crippen LogP contribution in [0.2, 0.25) is 0 Å². The number of carbonyl (C=O) groups is 2. The number of amides is 2. The number of para-hydroxylation sites is 1. The molecule has 4 rings (SSSR count). The van der Waals surface area contributed by atoms with E-state index in [2.05, 4.69) is 10.9 Å². The molecule has 2 fully saturated rings. The van der Waals surface area contributed by atoms with Gasteiger partial charge in [-0.15, -0.1) is 0 Å². The van der Waals surface area contributed by atoms with Crippen molar-refractivity contribution < 1.29 is 22.4 Å². The van der Waals surface area contributed by atoms with Crippen LogP contribution in [0.3, 0.4) is 0 Å². The SMILES string of the molecule is O=C(CC1CCS(=O)(=O)C1)NNC(=O)c1oc2ccccc2c1CSC1CCCCC1. The Balaban J connectivity index is 1.40. The van der Waals surface area contributed by atoms with Crippen LogP contribution in [0.1, 0.15) is 61.1 Å². The Hall–Kier alpha value is -2.00. The van der Waals surface area contributed by atoms with Crippen molar-refractivity contribution in [3.05, 3.63) is 35.6 Å². The summed E-state index contributed by atoms with van der Waals surface area (Å²) >= 11 is 1.86. The van der Waals surface area contributed by atoms with Crippen molar-refractivity contribution in [2.24, 2.45) is 5.92 Å². The van der Waals surface area contributed by atoms with Crippen LogP contribution in [-0.2, 0) is 20.4 Å². The summed E-state index contributed by atoms with van der Waals surface area (Å²) in [6.45, 7) is 0. The molecule has 9 heteroatoms. The van der Waals surface area contributed by atoms with Gasteiger partial charge in [0.25, 0.3) is 0 Å². The Morgan fingerprint density at radius 3 is 2.58 bits per heavy atom. The zero-order chi connectivity index (χ0) is 21.8. The van der Waals surface area contributed by atoms with E-state index in [1.54, 1.807) is 0 Å². The smallest absolute Gasteiger partial charge is 0.305 e. The summed E-state index contributed by atoms with van der Waals surface area (Å²) in [5, 5.41) is 1.51. The second kappa shape index (κ2) is 9.65. The van der Waals surface area contributed by atoms with Crippen molar-refractivity contribution in [1.29, 1.82) is 0 Å². The van der Waals surface area contributed by atoms with Crippen molar-refractivity contribution >= 4 is 44.4 Å². The van der Waals surface area contributed by atoms with Gasteiger partial charge in [-0.1, -0.05) is 37.5 Å². The number of hydrazine groups is 1. The van der Waals surface area contributed by atoms with E-state index in [9.17, 15) is 18.0 Å². The Morgan fingerprint density at radius 1 is 1.06 bits per heavy atom. The Morgan fingerprint density at radius 2 is 1.84 bits per heavy atom. The van der Waals surface area contributed by atoms with Crippen molar-refractivity contribution in [2.45, 2.75) is 55.9 Å². The minimum atomic E-state index is -3.04. The molecule has 0 spiro atoms. The van der Waals surface area contributed by atoms with Crippen molar-refractivity contribution in [2.75, 3.05) is 11.5 Å². The first-order valence-electron chi connectivity index (χ1n) is 10.8. The summed E-state index contributed by atoms with van der Waals surface area (Å²) in [6.07, 6.45) is 6.77. The molecule has 1 aliphatic carbocycles. The molecule has 1 saturated carbocycles. The summed E-state index contributed by atoms with van der Waals surface area (Å²) < 4.78 is 29.0. The lowest BCUT2D eigenvalue weighted by Gasteiger charge is -2.20. The van der Waals surface area contributed by atoms with Gasteiger partial charge in [-0.2, -0.15) is 11.8 Å². The minimum absolute atomic E-state index is 0.0283. The van der Waals surface area contributed by atoms with Crippen molar-refractivity contribution in [3.8, 4) is 0 Å². The number of rotatable bonds is 6. The van der Waals surface area contributed by atoms with Crippen molar-refractivity contribution in [3.63, 3.8) is 0 Å². The largest absolute Gasteiger partial charge is 0.451 e. The molecule has 2 amide bonds. The van der Waals surface area contributed by atoms with Gasteiger partial charge in [-0.25, -0.2) is 8.42 Å². The van der Waals surface area contributed by atoms with E-state index in [0.29, 0.717) is 23.0 Å². The number of nitrogens with one attached hydrogen (secondary N) is 2. The Labute approximate surface area is 186 Å². The van der Waals surface area contributed by atoms with Gasteiger partial charge in [0.1, 0.15) is 5.58 Å². The molecule has 2 aromatic rings. The van der Waals surface area contributed by atoms with Gasteiger partial charge in [0, 0.05) is 28.4 Å². The predicted molar refractivity (Wildman–Crippen MR) is 121 cm³/mol. The molecule has 2 aliphatic rings. The van der Waals surface area contributed by atoms with Crippen LogP contribution >= 0.6 is 11.8 Å². The third kappa shape index (κ3) is 5.63. The van der Waals surface area contributed by atoms with Crippen LogP contribution in [0.4, 0.5) is 0 Å². The average molecular weight is 465 g/mol. The van der Waals surface area contributed by atoms with E-state index in [4.69, 9.17) is 4.42 Å². The fraction of sp³-hybridized carbons (Fsp3) is 0.545. The molecule has 1 aliphatic heterocycles. The third-order valence-corrected chi connectivity index (χ3v) is 9.27. The van der Waals surface area contributed by atoms with Crippen LogP contribution in [-0.4, -0.2) is 37.0 Å². The lowest BCUT2D eigenvalue weighted by molar-refractivity contribution is -0.122. The number of furan rings is 1. The molecule has 0 bridgehead atoms. The molecule has 1 aromatic heterocycles. The fourth-order valence-corrected chi connectivity index (χ4v) is 7.61.